The third-order valence-corrected chi connectivity index (χ3v) is 3.82. The normalized spacial score (nSPS) is 14.4. The molecule has 0 fully saturated rings. The van der Waals surface area contributed by atoms with E-state index in [-0.39, 0.29) is 0 Å². The van der Waals surface area contributed by atoms with Crippen molar-refractivity contribution in [3.63, 3.8) is 0 Å². The molecule has 0 bridgehead atoms. The van der Waals surface area contributed by atoms with E-state index in [9.17, 15) is 0 Å². The van der Waals surface area contributed by atoms with Crippen molar-refractivity contribution in [1.82, 2.24) is 4.98 Å². The Bertz CT molecular complexity index is 536. The van der Waals surface area contributed by atoms with E-state index in [2.05, 4.69) is 62.2 Å². The van der Waals surface area contributed by atoms with Crippen LogP contribution in [0, 0.1) is 0 Å². The molecule has 3 rings (SSSR count). The maximum absolute atomic E-state index is 4.46. The maximum Gasteiger partial charge on any atom is 0.0602 e. The molecule has 0 amide bonds. The van der Waals surface area contributed by atoms with Gasteiger partial charge in [-0.1, -0.05) is 18.2 Å². The summed E-state index contributed by atoms with van der Waals surface area (Å²) in [5.41, 5.74) is 3.95. The van der Waals surface area contributed by atoms with E-state index < -0.39 is 0 Å². The smallest absolute Gasteiger partial charge is 0.0602 e. The van der Waals surface area contributed by atoms with Gasteiger partial charge in [0.15, 0.2) is 0 Å². The summed E-state index contributed by atoms with van der Waals surface area (Å²) in [5, 5.41) is 0. The van der Waals surface area contributed by atoms with Crippen LogP contribution >= 0.6 is 15.9 Å². The Hall–Kier alpha value is -1.35. The first-order chi connectivity index (χ1) is 8.83. The predicted octanol–water partition coefficient (Wildman–Crippen LogP) is 3.80. The lowest BCUT2D eigenvalue weighted by Crippen LogP contribution is -2.29. The standard InChI is InChI=1S/C15H15BrN2/c16-13-7-8-14(17-10-13)11-18-9-3-5-12-4-1-2-6-15(12)18/h1-2,4,6-8,10H,3,5,9,11H2. The van der Waals surface area contributed by atoms with Gasteiger partial charge in [0.2, 0.25) is 0 Å². The maximum atomic E-state index is 4.46. The van der Waals surface area contributed by atoms with Crippen molar-refractivity contribution in [3.05, 3.63) is 58.3 Å². The molecule has 18 heavy (non-hydrogen) atoms. The van der Waals surface area contributed by atoms with Crippen molar-refractivity contribution in [2.45, 2.75) is 19.4 Å². The Morgan fingerprint density at radius 1 is 1.17 bits per heavy atom. The topological polar surface area (TPSA) is 16.1 Å². The molecule has 1 aromatic heterocycles. The molecular formula is C15H15BrN2. The van der Waals surface area contributed by atoms with Crippen LogP contribution in [0.2, 0.25) is 0 Å². The molecule has 0 atom stereocenters. The Morgan fingerprint density at radius 2 is 2.06 bits per heavy atom. The number of anilines is 1. The molecule has 0 saturated carbocycles. The predicted molar refractivity (Wildman–Crippen MR) is 77.8 cm³/mol. The quantitative estimate of drug-likeness (QED) is 0.839. The number of hydrogen-bond acceptors (Lipinski definition) is 2. The molecule has 0 spiro atoms. The number of pyridine rings is 1. The molecule has 0 unspecified atom stereocenters. The first-order valence-electron chi connectivity index (χ1n) is 6.26. The van der Waals surface area contributed by atoms with Gasteiger partial charge in [0.25, 0.3) is 0 Å². The number of aromatic nitrogens is 1. The Labute approximate surface area is 116 Å². The van der Waals surface area contributed by atoms with Gasteiger partial charge in [0.1, 0.15) is 0 Å². The van der Waals surface area contributed by atoms with Crippen LogP contribution in [-0.2, 0) is 13.0 Å². The molecule has 2 heterocycles. The summed E-state index contributed by atoms with van der Waals surface area (Å²) in [6, 6.07) is 12.8. The fourth-order valence-electron chi connectivity index (χ4n) is 2.47. The molecule has 1 aliphatic heterocycles. The van der Waals surface area contributed by atoms with E-state index in [4.69, 9.17) is 0 Å². The van der Waals surface area contributed by atoms with Crippen molar-refractivity contribution in [3.8, 4) is 0 Å². The van der Waals surface area contributed by atoms with Gasteiger partial charge in [0.05, 0.1) is 12.2 Å². The summed E-state index contributed by atoms with van der Waals surface area (Å²) in [7, 11) is 0. The van der Waals surface area contributed by atoms with Crippen molar-refractivity contribution in [1.29, 1.82) is 0 Å². The average Bonchev–Trinajstić information content (AvgIpc) is 2.42. The van der Waals surface area contributed by atoms with Gasteiger partial charge < -0.3 is 4.90 Å². The van der Waals surface area contributed by atoms with Gasteiger partial charge in [-0.05, 0) is 52.5 Å². The highest BCUT2D eigenvalue weighted by molar-refractivity contribution is 9.10. The van der Waals surface area contributed by atoms with E-state index in [1.165, 1.54) is 24.1 Å². The number of para-hydroxylation sites is 1. The molecule has 3 heteroatoms. The number of benzene rings is 1. The van der Waals surface area contributed by atoms with Crippen LogP contribution in [0.25, 0.3) is 0 Å². The third-order valence-electron chi connectivity index (χ3n) is 3.35. The second kappa shape index (κ2) is 5.11. The fourth-order valence-corrected chi connectivity index (χ4v) is 2.71. The summed E-state index contributed by atoms with van der Waals surface area (Å²) in [6.45, 7) is 2.01. The van der Waals surface area contributed by atoms with E-state index in [1.54, 1.807) is 0 Å². The number of halogens is 1. The molecule has 0 radical (unpaired) electrons. The molecular weight excluding hydrogens is 288 g/mol. The zero-order chi connectivity index (χ0) is 12.4. The first kappa shape index (κ1) is 11.7. The van der Waals surface area contributed by atoms with Gasteiger partial charge in [-0.25, -0.2) is 0 Å². The van der Waals surface area contributed by atoms with Crippen molar-refractivity contribution >= 4 is 21.6 Å². The molecule has 1 aliphatic rings. The van der Waals surface area contributed by atoms with E-state index >= 15 is 0 Å². The summed E-state index contributed by atoms with van der Waals surface area (Å²) in [5.74, 6) is 0. The second-order valence-corrected chi connectivity index (χ2v) is 5.54. The zero-order valence-electron chi connectivity index (χ0n) is 10.1. The van der Waals surface area contributed by atoms with Crippen LogP contribution < -0.4 is 4.90 Å². The lowest BCUT2D eigenvalue weighted by molar-refractivity contribution is 0.684. The Morgan fingerprint density at radius 3 is 2.89 bits per heavy atom. The SMILES string of the molecule is Brc1ccc(CN2CCCc3ccccc32)nc1. The van der Waals surface area contributed by atoms with Crippen molar-refractivity contribution in [2.75, 3.05) is 11.4 Å². The number of nitrogens with zero attached hydrogens (tertiary/aromatic N) is 2. The molecule has 2 nitrogen and oxygen atoms in total. The van der Waals surface area contributed by atoms with Crippen molar-refractivity contribution < 1.29 is 0 Å². The summed E-state index contributed by atoms with van der Waals surface area (Å²) in [4.78, 5) is 6.88. The number of aryl methyl sites for hydroxylation is 1. The minimum atomic E-state index is 0.893. The number of hydrogen-bond donors (Lipinski definition) is 0. The Kier molecular flexibility index (Phi) is 3.33. The van der Waals surface area contributed by atoms with Gasteiger partial charge in [-0.15, -0.1) is 0 Å². The monoisotopic (exact) mass is 302 g/mol. The highest BCUT2D eigenvalue weighted by Gasteiger charge is 2.16. The third kappa shape index (κ3) is 2.41. The second-order valence-electron chi connectivity index (χ2n) is 4.62. The number of fused-ring (bicyclic) bond motifs is 1. The van der Waals surface area contributed by atoms with E-state index in [0.29, 0.717) is 0 Å². The van der Waals surface area contributed by atoms with Crippen LogP contribution in [0.5, 0.6) is 0 Å². The van der Waals surface area contributed by atoms with Crippen LogP contribution in [-0.4, -0.2) is 11.5 Å². The average molecular weight is 303 g/mol. The fraction of sp³-hybridized carbons (Fsp3) is 0.267. The summed E-state index contributed by atoms with van der Waals surface area (Å²) in [6.07, 6.45) is 4.29. The van der Waals surface area contributed by atoms with E-state index in [0.717, 1.165) is 23.3 Å². The van der Waals surface area contributed by atoms with Crippen LogP contribution in [0.1, 0.15) is 17.7 Å². The van der Waals surface area contributed by atoms with Gasteiger partial charge in [-0.3, -0.25) is 4.98 Å². The molecule has 0 N–H and O–H groups in total. The largest absolute Gasteiger partial charge is 0.365 e. The molecule has 1 aromatic carbocycles. The molecule has 92 valence electrons. The van der Waals surface area contributed by atoms with Crippen LogP contribution in [0.4, 0.5) is 5.69 Å². The summed E-state index contributed by atoms with van der Waals surface area (Å²) >= 11 is 3.42. The summed E-state index contributed by atoms with van der Waals surface area (Å²) < 4.78 is 1.03. The lowest BCUT2D eigenvalue weighted by atomic mass is 10.0. The first-order valence-corrected chi connectivity index (χ1v) is 7.05. The minimum absolute atomic E-state index is 0.893. The van der Waals surface area contributed by atoms with E-state index in [1.807, 2.05) is 6.20 Å². The Balaban J connectivity index is 1.84. The zero-order valence-corrected chi connectivity index (χ0v) is 11.7. The van der Waals surface area contributed by atoms with Crippen molar-refractivity contribution in [2.24, 2.45) is 0 Å². The highest BCUT2D eigenvalue weighted by atomic mass is 79.9. The van der Waals surface area contributed by atoms with Gasteiger partial charge in [0, 0.05) is 22.9 Å². The van der Waals surface area contributed by atoms with Gasteiger partial charge >= 0.3 is 0 Å². The molecule has 2 aromatic rings. The number of rotatable bonds is 2. The van der Waals surface area contributed by atoms with Gasteiger partial charge in [-0.2, -0.15) is 0 Å². The van der Waals surface area contributed by atoms with Crippen LogP contribution in [0.3, 0.4) is 0 Å². The minimum Gasteiger partial charge on any atom is -0.365 e. The lowest BCUT2D eigenvalue weighted by Gasteiger charge is -2.31. The molecule has 0 saturated heterocycles. The molecule has 0 aliphatic carbocycles. The van der Waals surface area contributed by atoms with Crippen LogP contribution in [0.15, 0.2) is 47.1 Å². The highest BCUT2D eigenvalue weighted by Crippen LogP contribution is 2.27.